The maximum Gasteiger partial charge on any atom is 0.0905 e. The standard InChI is InChI=1S/C28H60N.C3H6O3/c1-5-9-13-14-15-16-17-18-19-20-21-22-23-24-28-29(25-10-6-2,26-11-7-3)27-12-8-4;1-2(4)3(5)6/h5-28H2,1-4H3;2,4H,1H3,(H,5,6)/q+1;/p-1. The number of aliphatic carboxylic acids is 1. The quantitative estimate of drug-likeness (QED) is 0.103. The Morgan fingerprint density at radius 2 is 0.771 bits per heavy atom. The zero-order chi connectivity index (χ0) is 26.6. The van der Waals surface area contributed by atoms with Crippen molar-refractivity contribution < 1.29 is 19.5 Å². The number of carboxylic acid groups (broad SMARTS) is 1. The predicted molar refractivity (Wildman–Crippen MR) is 151 cm³/mol. The number of aliphatic hydroxyl groups is 1. The zero-order valence-corrected chi connectivity index (χ0v) is 24.8. The zero-order valence-electron chi connectivity index (χ0n) is 24.8. The van der Waals surface area contributed by atoms with E-state index in [1.54, 1.807) is 0 Å². The molecule has 1 unspecified atom stereocenters. The third-order valence-corrected chi connectivity index (χ3v) is 7.29. The van der Waals surface area contributed by atoms with Crippen LogP contribution in [0.2, 0.25) is 0 Å². The van der Waals surface area contributed by atoms with Gasteiger partial charge in [-0.3, -0.25) is 0 Å². The SMILES string of the molecule is CC(O)C(=O)[O-].CCCCCCCCCCCCCCCC[N+](CCCC)(CCCC)CCCC. The Morgan fingerprint density at radius 3 is 1.03 bits per heavy atom. The van der Waals surface area contributed by atoms with Gasteiger partial charge in [-0.2, -0.15) is 0 Å². The van der Waals surface area contributed by atoms with E-state index in [0.29, 0.717) is 0 Å². The van der Waals surface area contributed by atoms with Crippen LogP contribution in [0.1, 0.15) is 163 Å². The van der Waals surface area contributed by atoms with E-state index in [1.165, 1.54) is 159 Å². The molecule has 0 aliphatic rings. The van der Waals surface area contributed by atoms with Gasteiger partial charge in [0.1, 0.15) is 0 Å². The Hall–Kier alpha value is -0.610. The lowest BCUT2D eigenvalue weighted by molar-refractivity contribution is -0.929. The van der Waals surface area contributed by atoms with Gasteiger partial charge in [0.2, 0.25) is 0 Å². The van der Waals surface area contributed by atoms with E-state index in [-0.39, 0.29) is 0 Å². The highest BCUT2D eigenvalue weighted by Gasteiger charge is 2.24. The monoisotopic (exact) mass is 499 g/mol. The van der Waals surface area contributed by atoms with Gasteiger partial charge in [0.25, 0.3) is 0 Å². The molecule has 0 aromatic heterocycles. The van der Waals surface area contributed by atoms with E-state index < -0.39 is 12.1 Å². The van der Waals surface area contributed by atoms with Crippen LogP contribution < -0.4 is 5.11 Å². The van der Waals surface area contributed by atoms with E-state index in [4.69, 9.17) is 5.11 Å². The van der Waals surface area contributed by atoms with Crippen molar-refractivity contribution in [2.24, 2.45) is 0 Å². The fraction of sp³-hybridized carbons (Fsp3) is 0.968. The van der Waals surface area contributed by atoms with Crippen LogP contribution in [-0.4, -0.2) is 47.8 Å². The lowest BCUT2D eigenvalue weighted by Crippen LogP contribution is -2.50. The molecule has 0 aliphatic heterocycles. The average molecular weight is 500 g/mol. The number of carbonyl (C=O) groups excluding carboxylic acids is 1. The third kappa shape index (κ3) is 26.3. The van der Waals surface area contributed by atoms with E-state index in [0.717, 1.165) is 6.92 Å². The van der Waals surface area contributed by atoms with Crippen molar-refractivity contribution in [2.75, 3.05) is 26.2 Å². The molecule has 0 aromatic rings. The van der Waals surface area contributed by atoms with Gasteiger partial charge in [0, 0.05) is 0 Å². The fourth-order valence-corrected chi connectivity index (χ4v) is 4.79. The summed E-state index contributed by atoms with van der Waals surface area (Å²) in [6, 6.07) is 0. The molecule has 4 heteroatoms. The summed E-state index contributed by atoms with van der Waals surface area (Å²) >= 11 is 0. The summed E-state index contributed by atoms with van der Waals surface area (Å²) in [5.41, 5.74) is 0. The first-order valence-corrected chi connectivity index (χ1v) is 15.6. The van der Waals surface area contributed by atoms with Crippen LogP contribution in [0.5, 0.6) is 0 Å². The van der Waals surface area contributed by atoms with E-state index in [2.05, 4.69) is 27.7 Å². The second-order valence-corrected chi connectivity index (χ2v) is 10.9. The van der Waals surface area contributed by atoms with Crippen molar-refractivity contribution in [3.63, 3.8) is 0 Å². The van der Waals surface area contributed by atoms with Crippen LogP contribution in [0.25, 0.3) is 0 Å². The fourth-order valence-electron chi connectivity index (χ4n) is 4.79. The van der Waals surface area contributed by atoms with Gasteiger partial charge in [-0.25, -0.2) is 0 Å². The summed E-state index contributed by atoms with van der Waals surface area (Å²) in [6.45, 7) is 16.3. The first-order chi connectivity index (χ1) is 16.9. The van der Waals surface area contributed by atoms with Crippen LogP contribution in [0, 0.1) is 0 Å². The smallest absolute Gasteiger partial charge is 0.0905 e. The van der Waals surface area contributed by atoms with Crippen molar-refractivity contribution in [1.82, 2.24) is 0 Å². The van der Waals surface area contributed by atoms with E-state index in [1.807, 2.05) is 0 Å². The van der Waals surface area contributed by atoms with Crippen LogP contribution in [0.15, 0.2) is 0 Å². The molecule has 1 N–H and O–H groups in total. The molecule has 35 heavy (non-hydrogen) atoms. The molecule has 0 amide bonds. The number of hydrogen-bond donors (Lipinski definition) is 1. The second-order valence-electron chi connectivity index (χ2n) is 10.9. The summed E-state index contributed by atoms with van der Waals surface area (Å²) in [7, 11) is 0. The van der Waals surface area contributed by atoms with Crippen molar-refractivity contribution in [3.05, 3.63) is 0 Å². The Labute approximate surface area is 220 Å². The maximum atomic E-state index is 9.34. The molecule has 0 rings (SSSR count). The maximum absolute atomic E-state index is 9.34. The molecule has 0 radical (unpaired) electrons. The lowest BCUT2D eigenvalue weighted by atomic mass is 10.0. The predicted octanol–water partition coefficient (Wildman–Crippen LogP) is 7.80. The topological polar surface area (TPSA) is 60.4 Å². The van der Waals surface area contributed by atoms with Crippen LogP contribution in [-0.2, 0) is 4.79 Å². The largest absolute Gasteiger partial charge is 0.547 e. The van der Waals surface area contributed by atoms with Crippen molar-refractivity contribution >= 4 is 5.97 Å². The molecule has 0 aliphatic carbocycles. The molecule has 0 spiro atoms. The number of rotatable bonds is 25. The molecule has 212 valence electrons. The highest BCUT2D eigenvalue weighted by molar-refractivity contribution is 5.68. The summed E-state index contributed by atoms with van der Waals surface area (Å²) in [5, 5.41) is 17.3. The van der Waals surface area contributed by atoms with Crippen molar-refractivity contribution in [3.8, 4) is 0 Å². The Bertz CT molecular complexity index is 404. The third-order valence-electron chi connectivity index (χ3n) is 7.29. The van der Waals surface area contributed by atoms with Crippen molar-refractivity contribution in [1.29, 1.82) is 0 Å². The molecule has 0 heterocycles. The molecule has 4 nitrogen and oxygen atoms in total. The lowest BCUT2D eigenvalue weighted by Gasteiger charge is -2.39. The summed E-state index contributed by atoms with van der Waals surface area (Å²) < 4.78 is 1.44. The van der Waals surface area contributed by atoms with Crippen LogP contribution in [0.3, 0.4) is 0 Å². The van der Waals surface area contributed by atoms with Gasteiger partial charge in [-0.15, -0.1) is 0 Å². The van der Waals surface area contributed by atoms with E-state index in [9.17, 15) is 9.90 Å². The Balaban J connectivity index is 0. The van der Waals surface area contributed by atoms with Gasteiger partial charge in [-0.05, 0) is 39.0 Å². The number of quaternary nitrogens is 1. The van der Waals surface area contributed by atoms with E-state index >= 15 is 0 Å². The number of hydrogen-bond acceptors (Lipinski definition) is 3. The first-order valence-electron chi connectivity index (χ1n) is 15.6. The molecule has 1 atom stereocenters. The van der Waals surface area contributed by atoms with Crippen LogP contribution >= 0.6 is 0 Å². The number of nitrogens with zero attached hydrogens (tertiary/aromatic N) is 1. The summed E-state index contributed by atoms with van der Waals surface area (Å²) in [4.78, 5) is 9.34. The summed E-state index contributed by atoms with van der Waals surface area (Å²) in [6.07, 6.45) is 27.6. The van der Waals surface area contributed by atoms with Gasteiger partial charge in [0.15, 0.2) is 0 Å². The molecular weight excluding hydrogens is 434 g/mol. The normalized spacial score (nSPS) is 12.3. The average Bonchev–Trinajstić information content (AvgIpc) is 2.85. The van der Waals surface area contributed by atoms with Crippen molar-refractivity contribution in [2.45, 2.75) is 169 Å². The number of carboxylic acids is 1. The highest BCUT2D eigenvalue weighted by Crippen LogP contribution is 2.18. The van der Waals surface area contributed by atoms with Gasteiger partial charge in [0.05, 0.1) is 38.3 Å². The first kappa shape index (κ1) is 36.5. The number of carbonyl (C=O) groups is 1. The minimum atomic E-state index is -1.44. The molecule has 0 saturated heterocycles. The molecule has 0 fully saturated rings. The van der Waals surface area contributed by atoms with Gasteiger partial charge >= 0.3 is 0 Å². The number of aliphatic hydroxyl groups excluding tert-OH is 1. The molecule has 0 saturated carbocycles. The number of unbranched alkanes of at least 4 members (excludes halogenated alkanes) is 16. The molecule has 0 bridgehead atoms. The Kier molecular flexibility index (Phi) is 29.2. The van der Waals surface area contributed by atoms with Gasteiger partial charge in [-0.1, -0.05) is 124 Å². The minimum Gasteiger partial charge on any atom is -0.547 e. The highest BCUT2D eigenvalue weighted by atomic mass is 16.4. The second kappa shape index (κ2) is 28.0. The van der Waals surface area contributed by atoms with Crippen LogP contribution in [0.4, 0.5) is 0 Å². The van der Waals surface area contributed by atoms with Gasteiger partial charge < -0.3 is 19.5 Å². The Morgan fingerprint density at radius 1 is 0.543 bits per heavy atom. The minimum absolute atomic E-state index is 1.13. The summed E-state index contributed by atoms with van der Waals surface area (Å²) in [5.74, 6) is -1.44. The molecule has 0 aromatic carbocycles. The molecular formula is C31H65NO3.